The van der Waals surface area contributed by atoms with Crippen LogP contribution in [0.4, 0.5) is 0 Å². The van der Waals surface area contributed by atoms with Crippen LogP contribution in [0.3, 0.4) is 0 Å². The van der Waals surface area contributed by atoms with Crippen molar-refractivity contribution in [2.75, 3.05) is 19.8 Å². The molecule has 0 aromatic rings. The van der Waals surface area contributed by atoms with Crippen molar-refractivity contribution in [3.8, 4) is 0 Å². The SMILES string of the molecule is CC1C(=O)NC(C2CC2)C(=O)N1CC1CCCOC1. The molecule has 0 bridgehead atoms. The Bertz CT molecular complexity index is 375. The Morgan fingerprint density at radius 1 is 1.32 bits per heavy atom. The van der Waals surface area contributed by atoms with Gasteiger partial charge in [-0.05, 0) is 44.4 Å². The molecule has 0 aromatic carbocycles. The highest BCUT2D eigenvalue weighted by atomic mass is 16.5. The third-order valence-corrected chi connectivity index (χ3v) is 4.50. The van der Waals surface area contributed by atoms with Crippen molar-refractivity contribution in [3.63, 3.8) is 0 Å². The van der Waals surface area contributed by atoms with Gasteiger partial charge in [0.2, 0.25) is 11.8 Å². The van der Waals surface area contributed by atoms with Gasteiger partial charge in [0.25, 0.3) is 0 Å². The Balaban J connectivity index is 1.68. The third kappa shape index (κ3) is 2.61. The van der Waals surface area contributed by atoms with Crippen LogP contribution < -0.4 is 5.32 Å². The number of piperazine rings is 1. The summed E-state index contributed by atoms with van der Waals surface area (Å²) in [5.74, 6) is 0.855. The Labute approximate surface area is 113 Å². The second kappa shape index (κ2) is 5.12. The van der Waals surface area contributed by atoms with Crippen molar-refractivity contribution in [2.45, 2.75) is 44.7 Å². The zero-order chi connectivity index (χ0) is 13.4. The van der Waals surface area contributed by atoms with Crippen LogP contribution in [0.2, 0.25) is 0 Å². The Morgan fingerprint density at radius 3 is 2.74 bits per heavy atom. The lowest BCUT2D eigenvalue weighted by atomic mass is 9.98. The summed E-state index contributed by atoms with van der Waals surface area (Å²) in [6.45, 7) is 4.02. The summed E-state index contributed by atoms with van der Waals surface area (Å²) in [6, 6.07) is -0.613. The number of carbonyl (C=O) groups is 2. The van der Waals surface area contributed by atoms with Gasteiger partial charge in [-0.25, -0.2) is 0 Å². The molecule has 106 valence electrons. The number of carbonyl (C=O) groups excluding carboxylic acids is 2. The third-order valence-electron chi connectivity index (χ3n) is 4.50. The van der Waals surface area contributed by atoms with E-state index in [4.69, 9.17) is 4.74 Å². The van der Waals surface area contributed by atoms with Gasteiger partial charge in [-0.2, -0.15) is 0 Å². The van der Waals surface area contributed by atoms with Crippen molar-refractivity contribution in [1.82, 2.24) is 10.2 Å². The van der Waals surface area contributed by atoms with Crippen LogP contribution in [-0.2, 0) is 14.3 Å². The molecule has 3 fully saturated rings. The Hall–Kier alpha value is -1.10. The molecule has 5 nitrogen and oxygen atoms in total. The van der Waals surface area contributed by atoms with E-state index in [1.165, 1.54) is 0 Å². The maximum absolute atomic E-state index is 12.5. The smallest absolute Gasteiger partial charge is 0.246 e. The number of nitrogens with zero attached hydrogens (tertiary/aromatic N) is 1. The Kier molecular flexibility index (Phi) is 3.48. The fraction of sp³-hybridized carbons (Fsp3) is 0.857. The van der Waals surface area contributed by atoms with Crippen molar-refractivity contribution in [2.24, 2.45) is 11.8 Å². The molecule has 0 aromatic heterocycles. The summed E-state index contributed by atoms with van der Waals surface area (Å²) in [5.41, 5.74) is 0. The lowest BCUT2D eigenvalue weighted by molar-refractivity contribution is -0.150. The first kappa shape index (κ1) is 12.9. The normalized spacial score (nSPS) is 36.3. The van der Waals surface area contributed by atoms with E-state index in [0.29, 0.717) is 25.0 Å². The summed E-state index contributed by atoms with van der Waals surface area (Å²) >= 11 is 0. The van der Waals surface area contributed by atoms with Crippen molar-refractivity contribution in [3.05, 3.63) is 0 Å². The van der Waals surface area contributed by atoms with Crippen molar-refractivity contribution in [1.29, 1.82) is 0 Å². The lowest BCUT2D eigenvalue weighted by Crippen LogP contribution is -2.64. The van der Waals surface area contributed by atoms with Gasteiger partial charge in [-0.3, -0.25) is 9.59 Å². The minimum atomic E-state index is -0.343. The quantitative estimate of drug-likeness (QED) is 0.811. The molecule has 3 atom stereocenters. The summed E-state index contributed by atoms with van der Waals surface area (Å²) in [6.07, 6.45) is 4.27. The summed E-state index contributed by atoms with van der Waals surface area (Å²) in [4.78, 5) is 26.3. The molecule has 0 spiro atoms. The number of hydrogen-bond acceptors (Lipinski definition) is 3. The highest BCUT2D eigenvalue weighted by molar-refractivity contribution is 5.97. The maximum atomic E-state index is 12.5. The molecule has 3 unspecified atom stereocenters. The fourth-order valence-corrected chi connectivity index (χ4v) is 3.07. The van der Waals surface area contributed by atoms with Gasteiger partial charge < -0.3 is 15.0 Å². The Morgan fingerprint density at radius 2 is 2.11 bits per heavy atom. The van der Waals surface area contributed by atoms with E-state index < -0.39 is 0 Å². The zero-order valence-corrected chi connectivity index (χ0v) is 11.4. The monoisotopic (exact) mass is 266 g/mol. The molecule has 3 rings (SSSR count). The molecule has 5 heteroatoms. The van der Waals surface area contributed by atoms with Crippen LogP contribution >= 0.6 is 0 Å². The van der Waals surface area contributed by atoms with Crippen LogP contribution in [0.5, 0.6) is 0 Å². The topological polar surface area (TPSA) is 58.6 Å². The first-order chi connectivity index (χ1) is 9.16. The minimum Gasteiger partial charge on any atom is -0.381 e. The number of amides is 2. The summed E-state index contributed by atoms with van der Waals surface area (Å²) < 4.78 is 5.47. The van der Waals surface area contributed by atoms with Gasteiger partial charge in [-0.15, -0.1) is 0 Å². The molecule has 1 aliphatic carbocycles. The second-order valence-electron chi connectivity index (χ2n) is 6.07. The standard InChI is InChI=1S/C14H22N2O3/c1-9-13(17)15-12(11-4-5-11)14(18)16(9)7-10-3-2-6-19-8-10/h9-12H,2-8H2,1H3,(H,15,17). The van der Waals surface area contributed by atoms with Gasteiger partial charge in [0, 0.05) is 13.2 Å². The summed E-state index contributed by atoms with van der Waals surface area (Å²) in [7, 11) is 0. The van der Waals surface area contributed by atoms with Gasteiger partial charge in [0.1, 0.15) is 12.1 Å². The van der Waals surface area contributed by atoms with Gasteiger partial charge in [0.05, 0.1) is 6.61 Å². The zero-order valence-electron chi connectivity index (χ0n) is 11.4. The molecule has 1 N–H and O–H groups in total. The van der Waals surface area contributed by atoms with Crippen LogP contribution in [0, 0.1) is 11.8 Å². The molecule has 3 aliphatic rings. The van der Waals surface area contributed by atoms with E-state index in [9.17, 15) is 9.59 Å². The fourth-order valence-electron chi connectivity index (χ4n) is 3.07. The van der Waals surface area contributed by atoms with Crippen molar-refractivity contribution < 1.29 is 14.3 Å². The van der Waals surface area contributed by atoms with E-state index >= 15 is 0 Å². The number of rotatable bonds is 3. The van der Waals surface area contributed by atoms with Crippen LogP contribution in [0.1, 0.15) is 32.6 Å². The average molecular weight is 266 g/mol. The molecule has 2 amide bonds. The van der Waals surface area contributed by atoms with E-state index in [1.807, 2.05) is 6.92 Å². The first-order valence-corrected chi connectivity index (χ1v) is 7.35. The molecule has 1 saturated carbocycles. The maximum Gasteiger partial charge on any atom is 0.246 e. The number of hydrogen-bond donors (Lipinski definition) is 1. The number of nitrogens with one attached hydrogen (secondary N) is 1. The predicted octanol–water partition coefficient (Wildman–Crippen LogP) is 0.538. The molecule has 19 heavy (non-hydrogen) atoms. The largest absolute Gasteiger partial charge is 0.381 e. The molecule has 0 radical (unpaired) electrons. The molecule has 2 aliphatic heterocycles. The van der Waals surface area contributed by atoms with E-state index in [-0.39, 0.29) is 23.9 Å². The molecular weight excluding hydrogens is 244 g/mol. The van der Waals surface area contributed by atoms with E-state index in [0.717, 1.165) is 32.3 Å². The second-order valence-corrected chi connectivity index (χ2v) is 6.07. The lowest BCUT2D eigenvalue weighted by Gasteiger charge is -2.40. The molecule has 2 heterocycles. The van der Waals surface area contributed by atoms with Crippen LogP contribution in [-0.4, -0.2) is 48.6 Å². The molecular formula is C14H22N2O3. The molecule has 2 saturated heterocycles. The summed E-state index contributed by atoms with van der Waals surface area (Å²) in [5, 5.41) is 2.88. The van der Waals surface area contributed by atoms with Crippen LogP contribution in [0.25, 0.3) is 0 Å². The number of ether oxygens (including phenoxy) is 1. The van der Waals surface area contributed by atoms with Gasteiger partial charge in [-0.1, -0.05) is 0 Å². The average Bonchev–Trinajstić information content (AvgIpc) is 3.24. The van der Waals surface area contributed by atoms with Crippen molar-refractivity contribution >= 4 is 11.8 Å². The van der Waals surface area contributed by atoms with E-state index in [2.05, 4.69) is 5.32 Å². The van der Waals surface area contributed by atoms with E-state index in [1.54, 1.807) is 4.90 Å². The van der Waals surface area contributed by atoms with Gasteiger partial charge >= 0.3 is 0 Å². The highest BCUT2D eigenvalue weighted by Gasteiger charge is 2.45. The predicted molar refractivity (Wildman–Crippen MR) is 69.4 cm³/mol. The minimum absolute atomic E-state index is 0.00627. The van der Waals surface area contributed by atoms with Gasteiger partial charge in [0.15, 0.2) is 0 Å². The first-order valence-electron chi connectivity index (χ1n) is 7.35. The highest BCUT2D eigenvalue weighted by Crippen LogP contribution is 2.35. The van der Waals surface area contributed by atoms with Crippen LogP contribution in [0.15, 0.2) is 0 Å².